The zero-order valence-electron chi connectivity index (χ0n) is 17.1. The summed E-state index contributed by atoms with van der Waals surface area (Å²) in [6, 6.07) is 10.6. The standard InChI is InChI=1S/C20H22F4O6S2/c1-13-3-7-15(8-4-13)31(25,26)29-11-17(21)19(23)20(24)18(22)12-30-32(27,28)16-9-5-14(2)6-10-16/h3-10,17-20H,11-12H2,1-2H3/t17-,18-,19+,20+/m1/s1. The van der Waals surface area contributed by atoms with E-state index in [0.717, 1.165) is 11.1 Å². The zero-order chi connectivity index (χ0) is 24.1. The van der Waals surface area contributed by atoms with Crippen LogP contribution in [0, 0.1) is 13.8 Å². The molecule has 4 atom stereocenters. The van der Waals surface area contributed by atoms with Crippen LogP contribution in [0.5, 0.6) is 0 Å². The molecule has 32 heavy (non-hydrogen) atoms. The van der Waals surface area contributed by atoms with Crippen LogP contribution >= 0.6 is 0 Å². The molecule has 2 aromatic rings. The number of rotatable bonds is 11. The Bertz CT molecular complexity index is 1000. The molecule has 0 unspecified atom stereocenters. The Kier molecular flexibility index (Phi) is 8.80. The summed E-state index contributed by atoms with van der Waals surface area (Å²) < 4.78 is 113. The third kappa shape index (κ3) is 6.99. The number of alkyl halides is 4. The van der Waals surface area contributed by atoms with Crippen LogP contribution in [0.4, 0.5) is 17.6 Å². The van der Waals surface area contributed by atoms with Crippen LogP contribution in [-0.2, 0) is 28.6 Å². The maximum Gasteiger partial charge on any atom is 0.297 e. The summed E-state index contributed by atoms with van der Waals surface area (Å²) >= 11 is 0. The Labute approximate surface area is 184 Å². The maximum absolute atomic E-state index is 14.0. The molecular formula is C20H22F4O6S2. The largest absolute Gasteiger partial charge is 0.297 e. The van der Waals surface area contributed by atoms with Crippen LogP contribution in [0.2, 0.25) is 0 Å². The van der Waals surface area contributed by atoms with Gasteiger partial charge in [-0.15, -0.1) is 0 Å². The van der Waals surface area contributed by atoms with Gasteiger partial charge in [-0.3, -0.25) is 8.37 Å². The first-order valence-electron chi connectivity index (χ1n) is 9.32. The lowest BCUT2D eigenvalue weighted by Crippen LogP contribution is -2.39. The van der Waals surface area contributed by atoms with Gasteiger partial charge in [-0.25, -0.2) is 17.6 Å². The second-order valence-electron chi connectivity index (χ2n) is 7.02. The van der Waals surface area contributed by atoms with Crippen LogP contribution in [-0.4, -0.2) is 54.7 Å². The predicted molar refractivity (Wildman–Crippen MR) is 108 cm³/mol. The molecule has 0 fully saturated rings. The average molecular weight is 499 g/mol. The van der Waals surface area contributed by atoms with Crippen molar-refractivity contribution in [2.24, 2.45) is 0 Å². The van der Waals surface area contributed by atoms with Gasteiger partial charge in [-0.1, -0.05) is 35.4 Å². The van der Waals surface area contributed by atoms with E-state index < -0.39 is 58.1 Å². The molecule has 0 aromatic heterocycles. The maximum atomic E-state index is 14.0. The average Bonchev–Trinajstić information content (AvgIpc) is 2.75. The van der Waals surface area contributed by atoms with E-state index in [2.05, 4.69) is 8.37 Å². The van der Waals surface area contributed by atoms with Gasteiger partial charge in [0.2, 0.25) is 0 Å². The SMILES string of the molecule is Cc1ccc(S(=O)(=O)OC[C@@H](F)[C@H](F)[C@@H](F)[C@H](F)COS(=O)(=O)c2ccc(C)cc2)cc1. The molecule has 178 valence electrons. The molecule has 0 N–H and O–H groups in total. The number of halogens is 4. The molecule has 0 heterocycles. The van der Waals surface area contributed by atoms with E-state index in [9.17, 15) is 34.4 Å². The third-order valence-electron chi connectivity index (χ3n) is 4.38. The van der Waals surface area contributed by atoms with Crippen molar-refractivity contribution >= 4 is 20.2 Å². The normalized spacial score (nSPS) is 16.3. The van der Waals surface area contributed by atoms with Crippen molar-refractivity contribution in [2.75, 3.05) is 13.2 Å². The van der Waals surface area contributed by atoms with Crippen molar-refractivity contribution in [1.82, 2.24) is 0 Å². The van der Waals surface area contributed by atoms with E-state index in [4.69, 9.17) is 0 Å². The topological polar surface area (TPSA) is 86.7 Å². The van der Waals surface area contributed by atoms with E-state index in [0.29, 0.717) is 0 Å². The lowest BCUT2D eigenvalue weighted by molar-refractivity contribution is 0.00394. The minimum absolute atomic E-state index is 0.319. The van der Waals surface area contributed by atoms with Crippen molar-refractivity contribution in [1.29, 1.82) is 0 Å². The van der Waals surface area contributed by atoms with Gasteiger partial charge in [-0.2, -0.15) is 16.8 Å². The fraction of sp³-hybridized carbons (Fsp3) is 0.400. The van der Waals surface area contributed by atoms with Crippen molar-refractivity contribution in [3.05, 3.63) is 59.7 Å². The van der Waals surface area contributed by atoms with Crippen LogP contribution < -0.4 is 0 Å². The van der Waals surface area contributed by atoms with E-state index >= 15 is 0 Å². The molecule has 0 saturated carbocycles. The molecule has 6 nitrogen and oxygen atoms in total. The highest BCUT2D eigenvalue weighted by atomic mass is 32.2. The van der Waals surface area contributed by atoms with Gasteiger partial charge in [0.25, 0.3) is 20.2 Å². The van der Waals surface area contributed by atoms with E-state index in [1.165, 1.54) is 48.5 Å². The summed E-state index contributed by atoms with van der Waals surface area (Å²) in [6.07, 6.45) is -11.9. The highest BCUT2D eigenvalue weighted by molar-refractivity contribution is 7.87. The van der Waals surface area contributed by atoms with E-state index in [-0.39, 0.29) is 9.79 Å². The van der Waals surface area contributed by atoms with Gasteiger partial charge in [0.15, 0.2) is 24.7 Å². The Morgan fingerprint density at radius 3 is 1.19 bits per heavy atom. The van der Waals surface area contributed by atoms with Crippen LogP contribution in [0.1, 0.15) is 11.1 Å². The third-order valence-corrected chi connectivity index (χ3v) is 6.97. The van der Waals surface area contributed by atoms with Crippen LogP contribution in [0.3, 0.4) is 0 Å². The van der Waals surface area contributed by atoms with Gasteiger partial charge in [0.1, 0.15) is 13.2 Å². The molecule has 0 spiro atoms. The van der Waals surface area contributed by atoms with Crippen molar-refractivity contribution in [2.45, 2.75) is 48.3 Å². The summed E-state index contributed by atoms with van der Waals surface area (Å²) in [5.41, 5.74) is 1.49. The zero-order valence-corrected chi connectivity index (χ0v) is 18.8. The molecule has 0 bridgehead atoms. The van der Waals surface area contributed by atoms with E-state index in [1.807, 2.05) is 0 Å². The lowest BCUT2D eigenvalue weighted by Gasteiger charge is -2.20. The van der Waals surface area contributed by atoms with Gasteiger partial charge >= 0.3 is 0 Å². The van der Waals surface area contributed by atoms with Crippen molar-refractivity contribution in [3.63, 3.8) is 0 Å². The minimum atomic E-state index is -4.44. The van der Waals surface area contributed by atoms with E-state index in [1.54, 1.807) is 13.8 Å². The molecular weight excluding hydrogens is 476 g/mol. The predicted octanol–water partition coefficient (Wildman–Crippen LogP) is 3.77. The molecule has 0 amide bonds. The van der Waals surface area contributed by atoms with Crippen LogP contribution in [0.25, 0.3) is 0 Å². The first kappa shape index (κ1) is 26.2. The van der Waals surface area contributed by atoms with Gasteiger partial charge < -0.3 is 0 Å². The fourth-order valence-electron chi connectivity index (χ4n) is 2.44. The highest BCUT2D eigenvalue weighted by Gasteiger charge is 2.38. The number of hydrogen-bond acceptors (Lipinski definition) is 6. The molecule has 0 aliphatic carbocycles. The monoisotopic (exact) mass is 498 g/mol. The van der Waals surface area contributed by atoms with Crippen molar-refractivity contribution in [3.8, 4) is 0 Å². The first-order chi connectivity index (χ1) is 14.8. The Morgan fingerprint density at radius 1 is 0.625 bits per heavy atom. The summed E-state index contributed by atoms with van der Waals surface area (Å²) in [5, 5.41) is 0. The number of benzene rings is 2. The molecule has 0 saturated heterocycles. The molecule has 2 aromatic carbocycles. The molecule has 12 heteroatoms. The minimum Gasteiger partial charge on any atom is -0.263 e. The second-order valence-corrected chi connectivity index (χ2v) is 10.3. The second kappa shape index (κ2) is 10.7. The fourth-order valence-corrected chi connectivity index (χ4v) is 4.27. The molecule has 2 rings (SSSR count). The summed E-state index contributed by atoms with van der Waals surface area (Å²) in [4.78, 5) is -0.638. The van der Waals surface area contributed by atoms with Crippen molar-refractivity contribution < 1.29 is 42.8 Å². The Morgan fingerprint density at radius 2 is 0.906 bits per heavy atom. The number of aryl methyl sites for hydroxylation is 2. The molecule has 0 radical (unpaired) electrons. The number of hydrogen-bond donors (Lipinski definition) is 0. The smallest absolute Gasteiger partial charge is 0.263 e. The van der Waals surface area contributed by atoms with Gasteiger partial charge in [-0.05, 0) is 38.1 Å². The van der Waals surface area contributed by atoms with Gasteiger partial charge in [0, 0.05) is 0 Å². The Balaban J connectivity index is 1.91. The van der Waals surface area contributed by atoms with Gasteiger partial charge in [0.05, 0.1) is 9.79 Å². The molecule has 0 aliphatic heterocycles. The highest BCUT2D eigenvalue weighted by Crippen LogP contribution is 2.22. The first-order valence-corrected chi connectivity index (χ1v) is 12.1. The summed E-state index contributed by atoms with van der Waals surface area (Å²) in [6.45, 7) is 0.611. The summed E-state index contributed by atoms with van der Waals surface area (Å²) in [5.74, 6) is 0. The van der Waals surface area contributed by atoms with Crippen LogP contribution in [0.15, 0.2) is 58.3 Å². The molecule has 0 aliphatic rings. The summed E-state index contributed by atoms with van der Waals surface area (Å²) in [7, 11) is -8.88. The quantitative estimate of drug-likeness (QED) is 0.346. The lowest BCUT2D eigenvalue weighted by atomic mass is 10.1. The Hall–Kier alpha value is -2.02.